The third kappa shape index (κ3) is 12.7. The second-order valence-corrected chi connectivity index (χ2v) is 11.3. The lowest BCUT2D eigenvalue weighted by atomic mass is 10.0. The number of hydrogen-bond donors (Lipinski definition) is 9. The number of hydrogen-bond acceptors (Lipinski definition) is 8. The van der Waals surface area contributed by atoms with Crippen LogP contribution in [-0.2, 0) is 51.2 Å². The van der Waals surface area contributed by atoms with E-state index in [1.165, 1.54) is 13.8 Å². The lowest BCUT2D eigenvalue weighted by Crippen LogP contribution is -2.55. The van der Waals surface area contributed by atoms with Crippen LogP contribution >= 0.6 is 0 Å². The van der Waals surface area contributed by atoms with Gasteiger partial charge in [0.1, 0.15) is 18.1 Å². The van der Waals surface area contributed by atoms with Crippen LogP contribution in [0.25, 0.3) is 10.9 Å². The second kappa shape index (κ2) is 18.9. The molecule has 0 bridgehead atoms. The fourth-order valence-corrected chi connectivity index (χ4v) is 4.68. The van der Waals surface area contributed by atoms with Crippen LogP contribution in [0.5, 0.6) is 0 Å². The Morgan fingerprint density at radius 2 is 1.22 bits per heavy atom. The summed E-state index contributed by atoms with van der Waals surface area (Å²) in [6.07, 6.45) is 1.90. The van der Waals surface area contributed by atoms with Crippen LogP contribution in [-0.4, -0.2) is 96.5 Å². The van der Waals surface area contributed by atoms with Crippen LogP contribution in [0.3, 0.4) is 0 Å². The number of amides is 8. The van der Waals surface area contributed by atoms with Crippen LogP contribution in [0, 0.1) is 0 Å². The minimum absolute atomic E-state index is 0.0525. The van der Waals surface area contributed by atoms with Gasteiger partial charge in [-0.25, -0.2) is 0 Å². The van der Waals surface area contributed by atoms with E-state index in [1.54, 1.807) is 36.5 Å². The van der Waals surface area contributed by atoms with Crippen LogP contribution in [0.4, 0.5) is 0 Å². The molecule has 0 spiro atoms. The van der Waals surface area contributed by atoms with Gasteiger partial charge in [-0.3, -0.25) is 38.4 Å². The fraction of sp³-hybridized carbons (Fsp3) is 0.333. The van der Waals surface area contributed by atoms with Crippen molar-refractivity contribution in [1.29, 1.82) is 0 Å². The predicted octanol–water partition coefficient (Wildman–Crippen LogP) is -2.60. The molecule has 1 heterocycles. The van der Waals surface area contributed by atoms with Crippen molar-refractivity contribution in [2.45, 2.75) is 44.8 Å². The highest BCUT2D eigenvalue weighted by atomic mass is 16.2. The molecule has 10 N–H and O–H groups in total. The number of carbonyl (C=O) groups excluding carboxylic acids is 8. The molecule has 0 unspecified atom stereocenters. The molecule has 266 valence electrons. The summed E-state index contributed by atoms with van der Waals surface area (Å²) in [6.45, 7) is 0.822. The number of nitrogens with one attached hydrogen (secondary N) is 8. The van der Waals surface area contributed by atoms with Gasteiger partial charge < -0.3 is 47.9 Å². The molecule has 2 aromatic carbocycles. The van der Waals surface area contributed by atoms with E-state index in [0.717, 1.165) is 16.5 Å². The number of benzene rings is 2. The summed E-state index contributed by atoms with van der Waals surface area (Å²) in [5.41, 5.74) is 7.87. The predicted molar refractivity (Wildman–Crippen MR) is 181 cm³/mol. The van der Waals surface area contributed by atoms with Crippen LogP contribution in [0.15, 0.2) is 60.8 Å². The van der Waals surface area contributed by atoms with Crippen molar-refractivity contribution in [3.8, 4) is 0 Å². The zero-order valence-corrected chi connectivity index (χ0v) is 27.6. The standard InChI is InChI=1S/C33H41N9O8/c1-19(32(49)42-25(31(34)48)13-22-14-36-24-11-7-6-10-23(22)24)40-29(46)18-39-33(50)26(12-21-8-4-3-5-9-21)41-30(47)17-38-28(45)16-37-27(44)15-35-20(2)43/h3-11,14,19,25-26,36H,12-13,15-18H2,1-2H3,(H2,34,48)(H,35,43)(H,37,44)(H,38,45)(H,39,50)(H,40,46)(H,41,47)(H,42,49)/t19-,25-,26+/m0/s1. The van der Waals surface area contributed by atoms with Gasteiger partial charge in [0.25, 0.3) is 0 Å². The number of aromatic nitrogens is 1. The summed E-state index contributed by atoms with van der Waals surface area (Å²) < 4.78 is 0. The molecule has 50 heavy (non-hydrogen) atoms. The molecule has 0 aliphatic carbocycles. The summed E-state index contributed by atoms with van der Waals surface area (Å²) in [6, 6.07) is 12.9. The zero-order valence-electron chi connectivity index (χ0n) is 27.6. The number of H-pyrrole nitrogens is 1. The molecule has 3 rings (SSSR count). The Labute approximate surface area is 287 Å². The van der Waals surface area contributed by atoms with E-state index >= 15 is 0 Å². The molecule has 0 fully saturated rings. The highest BCUT2D eigenvalue weighted by molar-refractivity contribution is 5.95. The highest BCUT2D eigenvalue weighted by Gasteiger charge is 2.26. The maximum Gasteiger partial charge on any atom is 0.243 e. The fourth-order valence-electron chi connectivity index (χ4n) is 4.68. The molecule has 3 aromatic rings. The van der Waals surface area contributed by atoms with E-state index in [1.807, 2.05) is 24.3 Å². The van der Waals surface area contributed by atoms with E-state index in [9.17, 15) is 38.4 Å². The number of carbonyl (C=O) groups is 8. The van der Waals surface area contributed by atoms with Gasteiger partial charge in [-0.05, 0) is 24.1 Å². The van der Waals surface area contributed by atoms with Crippen molar-refractivity contribution in [3.05, 3.63) is 71.9 Å². The summed E-state index contributed by atoms with van der Waals surface area (Å²) in [7, 11) is 0. The molecule has 3 atom stereocenters. The molecular weight excluding hydrogens is 650 g/mol. The van der Waals surface area contributed by atoms with Crippen molar-refractivity contribution >= 4 is 58.2 Å². The summed E-state index contributed by atoms with van der Waals surface area (Å²) in [5.74, 6) is -5.27. The number of rotatable bonds is 18. The smallest absolute Gasteiger partial charge is 0.243 e. The monoisotopic (exact) mass is 691 g/mol. The molecule has 0 saturated carbocycles. The maximum absolute atomic E-state index is 13.1. The Kier molecular flexibility index (Phi) is 14.4. The number of nitrogens with two attached hydrogens (primary N) is 1. The van der Waals surface area contributed by atoms with E-state index < -0.39 is 85.0 Å². The van der Waals surface area contributed by atoms with Gasteiger partial charge in [-0.1, -0.05) is 48.5 Å². The van der Waals surface area contributed by atoms with E-state index in [4.69, 9.17) is 5.73 Å². The molecular formula is C33H41N9O8. The van der Waals surface area contributed by atoms with Gasteiger partial charge in [0.15, 0.2) is 0 Å². The van der Waals surface area contributed by atoms with Crippen molar-refractivity contribution in [1.82, 2.24) is 42.2 Å². The van der Waals surface area contributed by atoms with Crippen LogP contribution < -0.4 is 43.0 Å². The average Bonchev–Trinajstić information content (AvgIpc) is 3.50. The van der Waals surface area contributed by atoms with Gasteiger partial charge in [-0.2, -0.15) is 0 Å². The van der Waals surface area contributed by atoms with E-state index in [0.29, 0.717) is 5.56 Å². The Morgan fingerprint density at radius 1 is 0.640 bits per heavy atom. The molecule has 8 amide bonds. The van der Waals surface area contributed by atoms with Crippen molar-refractivity contribution in [2.75, 3.05) is 26.2 Å². The molecule has 0 saturated heterocycles. The summed E-state index contributed by atoms with van der Waals surface area (Å²) >= 11 is 0. The van der Waals surface area contributed by atoms with Crippen molar-refractivity contribution in [3.63, 3.8) is 0 Å². The normalized spacial score (nSPS) is 12.4. The molecule has 17 nitrogen and oxygen atoms in total. The van der Waals surface area contributed by atoms with E-state index in [2.05, 4.69) is 42.2 Å². The summed E-state index contributed by atoms with van der Waals surface area (Å²) in [4.78, 5) is 101. The van der Waals surface area contributed by atoms with Gasteiger partial charge in [-0.15, -0.1) is 0 Å². The quantitative estimate of drug-likeness (QED) is 0.0681. The molecule has 0 aliphatic rings. The lowest BCUT2D eigenvalue weighted by molar-refractivity contribution is -0.132. The molecule has 0 aliphatic heterocycles. The average molecular weight is 692 g/mol. The lowest BCUT2D eigenvalue weighted by Gasteiger charge is -2.21. The zero-order chi connectivity index (χ0) is 36.6. The minimum Gasteiger partial charge on any atom is -0.368 e. The summed E-state index contributed by atoms with van der Waals surface area (Å²) in [5, 5.41) is 17.7. The molecule has 0 radical (unpaired) electrons. The number of fused-ring (bicyclic) bond motifs is 1. The Balaban J connectivity index is 1.50. The van der Waals surface area contributed by atoms with Crippen molar-refractivity contribution < 1.29 is 38.4 Å². The number of primary amides is 1. The number of para-hydroxylation sites is 1. The third-order valence-corrected chi connectivity index (χ3v) is 7.28. The van der Waals surface area contributed by atoms with Crippen LogP contribution in [0.2, 0.25) is 0 Å². The number of aromatic amines is 1. The SMILES string of the molecule is CC(=O)NCC(=O)NCC(=O)NCC(=O)N[C@H](Cc1ccccc1)C(=O)NCC(=O)N[C@@H](C)C(=O)N[C@@H](Cc1c[nH]c2ccccc12)C(N)=O. The van der Waals surface area contributed by atoms with Gasteiger partial charge in [0.2, 0.25) is 47.3 Å². The van der Waals surface area contributed by atoms with E-state index in [-0.39, 0.29) is 19.4 Å². The topological polar surface area (TPSA) is 263 Å². The Hall–Kier alpha value is -6.26. The minimum atomic E-state index is -1.14. The highest BCUT2D eigenvalue weighted by Crippen LogP contribution is 2.19. The first-order chi connectivity index (χ1) is 23.8. The largest absolute Gasteiger partial charge is 0.368 e. The first kappa shape index (κ1) is 38.2. The van der Waals surface area contributed by atoms with Gasteiger partial charge in [0.05, 0.1) is 26.2 Å². The Bertz CT molecular complexity index is 1710. The first-order valence-corrected chi connectivity index (χ1v) is 15.6. The maximum atomic E-state index is 13.1. The molecule has 1 aromatic heterocycles. The second-order valence-electron chi connectivity index (χ2n) is 11.3. The Morgan fingerprint density at radius 3 is 1.88 bits per heavy atom. The van der Waals surface area contributed by atoms with Gasteiger partial charge >= 0.3 is 0 Å². The van der Waals surface area contributed by atoms with Gasteiger partial charge in [0, 0.05) is 36.9 Å². The molecule has 17 heteroatoms. The third-order valence-electron chi connectivity index (χ3n) is 7.28. The van der Waals surface area contributed by atoms with Crippen molar-refractivity contribution in [2.24, 2.45) is 5.73 Å². The van der Waals surface area contributed by atoms with Crippen LogP contribution in [0.1, 0.15) is 25.0 Å². The first-order valence-electron chi connectivity index (χ1n) is 15.6.